The van der Waals surface area contributed by atoms with Crippen LogP contribution >= 0.6 is 0 Å². The summed E-state index contributed by atoms with van der Waals surface area (Å²) < 4.78 is 11.5. The lowest BCUT2D eigenvalue weighted by molar-refractivity contribution is -0.0265. The number of nitrogens with zero attached hydrogens (tertiary/aromatic N) is 2. The Kier molecular flexibility index (Phi) is 8.94. The van der Waals surface area contributed by atoms with Gasteiger partial charge in [-0.1, -0.05) is 42.0 Å². The Labute approximate surface area is 193 Å². The third-order valence-corrected chi connectivity index (χ3v) is 6.19. The zero-order chi connectivity index (χ0) is 22.9. The van der Waals surface area contributed by atoms with Crippen LogP contribution in [-0.4, -0.2) is 58.8 Å². The van der Waals surface area contributed by atoms with Gasteiger partial charge in [0.05, 0.1) is 19.3 Å². The zero-order valence-corrected chi connectivity index (χ0v) is 20.1. The van der Waals surface area contributed by atoms with Crippen molar-refractivity contribution in [3.8, 4) is 5.75 Å². The first-order valence-electron chi connectivity index (χ1n) is 11.4. The third-order valence-electron chi connectivity index (χ3n) is 6.19. The Hall–Kier alpha value is -2.57. The normalized spacial score (nSPS) is 20.1. The molecule has 1 heterocycles. The number of rotatable bonds is 8. The van der Waals surface area contributed by atoms with Gasteiger partial charge in [-0.3, -0.25) is 4.99 Å². The summed E-state index contributed by atoms with van der Waals surface area (Å²) in [6.07, 6.45) is 2.37. The molecular formula is C26H38N4O2. The molecule has 2 N–H and O–H groups in total. The van der Waals surface area contributed by atoms with Crippen LogP contribution in [0.5, 0.6) is 5.75 Å². The van der Waals surface area contributed by atoms with E-state index in [4.69, 9.17) is 9.47 Å². The quantitative estimate of drug-likeness (QED) is 0.483. The van der Waals surface area contributed by atoms with Crippen LogP contribution in [0.4, 0.5) is 0 Å². The van der Waals surface area contributed by atoms with Crippen molar-refractivity contribution in [2.24, 2.45) is 10.9 Å². The zero-order valence-electron chi connectivity index (χ0n) is 20.1. The molecule has 1 aliphatic heterocycles. The second-order valence-corrected chi connectivity index (χ2v) is 8.69. The summed E-state index contributed by atoms with van der Waals surface area (Å²) in [5.41, 5.74) is 3.77. The number of ether oxygens (including phenoxy) is 2. The van der Waals surface area contributed by atoms with E-state index in [0.717, 1.165) is 44.2 Å². The maximum absolute atomic E-state index is 6.17. The van der Waals surface area contributed by atoms with Crippen LogP contribution in [0.2, 0.25) is 0 Å². The molecule has 0 amide bonds. The average molecular weight is 439 g/mol. The van der Waals surface area contributed by atoms with E-state index in [-0.39, 0.29) is 12.1 Å². The number of methoxy groups -OCH3 is 1. The summed E-state index contributed by atoms with van der Waals surface area (Å²) >= 11 is 0. The maximum Gasteiger partial charge on any atom is 0.191 e. The minimum Gasteiger partial charge on any atom is -0.497 e. The van der Waals surface area contributed by atoms with Crippen LogP contribution in [-0.2, 0) is 4.74 Å². The van der Waals surface area contributed by atoms with E-state index in [9.17, 15) is 0 Å². The van der Waals surface area contributed by atoms with E-state index in [1.54, 1.807) is 7.11 Å². The predicted octanol–water partition coefficient (Wildman–Crippen LogP) is 3.94. The summed E-state index contributed by atoms with van der Waals surface area (Å²) in [6.45, 7) is 4.52. The highest BCUT2D eigenvalue weighted by Gasteiger charge is 2.27. The average Bonchev–Trinajstić information content (AvgIpc) is 2.82. The standard InChI is InChI=1S/C26H38N4O2/c1-19-8-10-21(11-9-19)25-22(7-6-16-32-25)17-28-26(27-2)29-18-24(30(3)4)20-12-14-23(31-5)15-13-20/h8-15,22,24-25H,6-7,16-18H2,1-5H3,(H2,27,28,29). The predicted molar refractivity (Wildman–Crippen MR) is 131 cm³/mol. The molecule has 0 aliphatic carbocycles. The monoisotopic (exact) mass is 438 g/mol. The van der Waals surface area contributed by atoms with Gasteiger partial charge in [0.2, 0.25) is 0 Å². The molecule has 1 fully saturated rings. The van der Waals surface area contributed by atoms with E-state index in [1.807, 2.05) is 19.2 Å². The van der Waals surface area contributed by atoms with Crippen LogP contribution in [0.15, 0.2) is 53.5 Å². The lowest BCUT2D eigenvalue weighted by Crippen LogP contribution is -2.44. The van der Waals surface area contributed by atoms with E-state index in [0.29, 0.717) is 5.92 Å². The van der Waals surface area contributed by atoms with Crippen molar-refractivity contribution in [2.75, 3.05) is 47.9 Å². The van der Waals surface area contributed by atoms with E-state index in [1.165, 1.54) is 16.7 Å². The molecule has 0 spiro atoms. The minimum atomic E-state index is 0.128. The van der Waals surface area contributed by atoms with Crippen molar-refractivity contribution in [3.63, 3.8) is 0 Å². The first-order valence-corrected chi connectivity index (χ1v) is 11.4. The second-order valence-electron chi connectivity index (χ2n) is 8.69. The lowest BCUT2D eigenvalue weighted by Gasteiger charge is -2.33. The summed E-state index contributed by atoms with van der Waals surface area (Å²) in [4.78, 5) is 6.66. The van der Waals surface area contributed by atoms with Crippen molar-refractivity contribution < 1.29 is 9.47 Å². The number of guanidine groups is 1. The molecular weight excluding hydrogens is 400 g/mol. The molecule has 0 bridgehead atoms. The molecule has 32 heavy (non-hydrogen) atoms. The van der Waals surface area contributed by atoms with Crippen LogP contribution in [0.3, 0.4) is 0 Å². The highest BCUT2D eigenvalue weighted by molar-refractivity contribution is 5.79. The Morgan fingerprint density at radius 1 is 1.12 bits per heavy atom. The third kappa shape index (κ3) is 6.47. The topological polar surface area (TPSA) is 58.1 Å². The molecule has 3 atom stereocenters. The molecule has 2 aromatic rings. The van der Waals surface area contributed by atoms with Crippen molar-refractivity contribution in [3.05, 3.63) is 65.2 Å². The Morgan fingerprint density at radius 3 is 2.47 bits per heavy atom. The smallest absolute Gasteiger partial charge is 0.191 e. The molecule has 6 nitrogen and oxygen atoms in total. The van der Waals surface area contributed by atoms with Gasteiger partial charge in [0.25, 0.3) is 0 Å². The molecule has 2 aromatic carbocycles. The van der Waals surface area contributed by atoms with Gasteiger partial charge >= 0.3 is 0 Å². The van der Waals surface area contributed by atoms with E-state index >= 15 is 0 Å². The molecule has 0 radical (unpaired) electrons. The fourth-order valence-corrected chi connectivity index (χ4v) is 4.24. The largest absolute Gasteiger partial charge is 0.497 e. The molecule has 174 valence electrons. The molecule has 3 rings (SSSR count). The highest BCUT2D eigenvalue weighted by Crippen LogP contribution is 2.33. The molecule has 0 aromatic heterocycles. The molecule has 6 heteroatoms. The van der Waals surface area contributed by atoms with Crippen molar-refractivity contribution >= 4 is 5.96 Å². The van der Waals surface area contributed by atoms with Gasteiger partial charge in [-0.15, -0.1) is 0 Å². The number of aryl methyl sites for hydroxylation is 1. The number of likely N-dealkylation sites (N-methyl/N-ethyl adjacent to an activating group) is 1. The molecule has 3 unspecified atom stereocenters. The number of benzene rings is 2. The lowest BCUT2D eigenvalue weighted by atomic mass is 9.89. The number of hydrogen-bond acceptors (Lipinski definition) is 4. The first kappa shape index (κ1) is 24.1. The fraction of sp³-hybridized carbons (Fsp3) is 0.500. The highest BCUT2D eigenvalue weighted by atomic mass is 16.5. The fourth-order valence-electron chi connectivity index (χ4n) is 4.24. The summed E-state index contributed by atoms with van der Waals surface area (Å²) in [5.74, 6) is 2.10. The Balaban J connectivity index is 1.58. The van der Waals surface area contributed by atoms with Crippen LogP contribution in [0.1, 0.15) is 41.7 Å². The van der Waals surface area contributed by atoms with Gasteiger partial charge in [-0.05, 0) is 57.1 Å². The summed E-state index contributed by atoms with van der Waals surface area (Å²) in [5, 5.41) is 7.04. The summed E-state index contributed by atoms with van der Waals surface area (Å²) in [6, 6.07) is 17.2. The number of aliphatic imine (C=N–C) groups is 1. The Bertz CT molecular complexity index is 849. The van der Waals surface area contributed by atoms with Gasteiger partial charge in [-0.25, -0.2) is 0 Å². The maximum atomic E-state index is 6.17. The first-order chi connectivity index (χ1) is 15.5. The van der Waals surface area contributed by atoms with Gasteiger partial charge in [-0.2, -0.15) is 0 Å². The summed E-state index contributed by atoms with van der Waals surface area (Å²) in [7, 11) is 7.70. The second kappa shape index (κ2) is 11.9. The van der Waals surface area contributed by atoms with Crippen molar-refractivity contribution in [1.29, 1.82) is 0 Å². The minimum absolute atomic E-state index is 0.128. The van der Waals surface area contributed by atoms with Crippen molar-refractivity contribution in [2.45, 2.75) is 31.9 Å². The van der Waals surface area contributed by atoms with Gasteiger partial charge in [0, 0.05) is 32.7 Å². The van der Waals surface area contributed by atoms with E-state index < -0.39 is 0 Å². The number of nitrogens with one attached hydrogen (secondary N) is 2. The number of hydrogen-bond donors (Lipinski definition) is 2. The van der Waals surface area contributed by atoms with Gasteiger partial charge in [0.1, 0.15) is 5.75 Å². The van der Waals surface area contributed by atoms with Gasteiger partial charge in [0.15, 0.2) is 5.96 Å². The molecule has 1 saturated heterocycles. The van der Waals surface area contributed by atoms with E-state index in [2.05, 4.69) is 77.9 Å². The van der Waals surface area contributed by atoms with Crippen molar-refractivity contribution in [1.82, 2.24) is 15.5 Å². The van der Waals surface area contributed by atoms with Gasteiger partial charge < -0.3 is 25.0 Å². The molecule has 0 saturated carbocycles. The van der Waals surface area contributed by atoms with Crippen LogP contribution in [0, 0.1) is 12.8 Å². The van der Waals surface area contributed by atoms with Crippen LogP contribution < -0.4 is 15.4 Å². The Morgan fingerprint density at radius 2 is 1.84 bits per heavy atom. The van der Waals surface area contributed by atoms with Crippen LogP contribution in [0.25, 0.3) is 0 Å². The molecule has 1 aliphatic rings. The SMILES string of the molecule is CN=C(NCC1CCCOC1c1ccc(C)cc1)NCC(c1ccc(OC)cc1)N(C)C.